The molecular weight excluding hydrogens is 244 g/mol. The van der Waals surface area contributed by atoms with Crippen LogP contribution in [0.5, 0.6) is 0 Å². The molecule has 0 aliphatic carbocycles. The number of benzene rings is 2. The van der Waals surface area contributed by atoms with Crippen LogP contribution in [0.4, 0.5) is 5.69 Å². The van der Waals surface area contributed by atoms with Gasteiger partial charge in [0.15, 0.2) is 0 Å². The average molecular weight is 259 g/mol. The topological polar surface area (TPSA) is 24.4 Å². The number of nitrogens with one attached hydrogen (secondary N) is 1. The van der Waals surface area contributed by atoms with Crippen LogP contribution in [0.1, 0.15) is 16.7 Å². The van der Waals surface area contributed by atoms with Crippen molar-refractivity contribution in [2.45, 2.75) is 13.8 Å². The Morgan fingerprint density at radius 3 is 2.44 bits per heavy atom. The molecule has 2 aromatic carbocycles. The Morgan fingerprint density at radius 1 is 1.06 bits per heavy atom. The van der Waals surface area contributed by atoms with Crippen molar-refractivity contribution in [1.82, 2.24) is 0 Å². The molecule has 0 bridgehead atoms. The van der Waals surface area contributed by atoms with E-state index in [4.69, 9.17) is 11.6 Å². The Kier molecular flexibility index (Phi) is 4.00. The summed E-state index contributed by atoms with van der Waals surface area (Å²) in [6.45, 7) is 4.04. The molecule has 2 nitrogen and oxygen atoms in total. The molecule has 0 heterocycles. The first-order valence-corrected chi connectivity index (χ1v) is 6.15. The second kappa shape index (κ2) is 5.69. The van der Waals surface area contributed by atoms with Gasteiger partial charge >= 0.3 is 0 Å². The van der Waals surface area contributed by atoms with Crippen LogP contribution >= 0.6 is 11.6 Å². The lowest BCUT2D eigenvalue weighted by Gasteiger charge is -2.02. The lowest BCUT2D eigenvalue weighted by Crippen LogP contribution is -1.91. The van der Waals surface area contributed by atoms with E-state index in [1.807, 2.05) is 37.3 Å². The normalized spacial score (nSPS) is 10.8. The molecule has 0 aromatic heterocycles. The van der Waals surface area contributed by atoms with E-state index in [0.29, 0.717) is 0 Å². The van der Waals surface area contributed by atoms with Crippen LogP contribution in [0.3, 0.4) is 0 Å². The monoisotopic (exact) mass is 258 g/mol. The third-order valence-corrected chi connectivity index (χ3v) is 3.06. The molecule has 0 fully saturated rings. The molecule has 0 aliphatic heterocycles. The quantitative estimate of drug-likeness (QED) is 0.640. The van der Waals surface area contributed by atoms with Gasteiger partial charge in [0.2, 0.25) is 0 Å². The summed E-state index contributed by atoms with van der Waals surface area (Å²) < 4.78 is 0. The first kappa shape index (κ1) is 12.7. The highest BCUT2D eigenvalue weighted by Gasteiger charge is 1.95. The van der Waals surface area contributed by atoms with Gasteiger partial charge in [-0.1, -0.05) is 47.5 Å². The SMILES string of the molecule is Cc1ccc(/C=N/Nc2ccc(C)c(Cl)c2)cc1. The molecule has 0 amide bonds. The highest BCUT2D eigenvalue weighted by atomic mass is 35.5. The molecule has 1 N–H and O–H groups in total. The van der Waals surface area contributed by atoms with Gasteiger partial charge in [0.25, 0.3) is 0 Å². The van der Waals surface area contributed by atoms with E-state index < -0.39 is 0 Å². The van der Waals surface area contributed by atoms with Crippen LogP contribution in [0.15, 0.2) is 47.6 Å². The number of rotatable bonds is 3. The summed E-state index contributed by atoms with van der Waals surface area (Å²) in [6, 6.07) is 14.0. The maximum Gasteiger partial charge on any atom is 0.0576 e. The number of aryl methyl sites for hydroxylation is 2. The van der Waals surface area contributed by atoms with Crippen molar-refractivity contribution in [2.24, 2.45) is 5.10 Å². The number of hydrogen-bond acceptors (Lipinski definition) is 2. The van der Waals surface area contributed by atoms with E-state index in [1.54, 1.807) is 6.21 Å². The Hall–Kier alpha value is -1.80. The fraction of sp³-hybridized carbons (Fsp3) is 0.133. The summed E-state index contributed by atoms with van der Waals surface area (Å²) in [5.41, 5.74) is 7.21. The summed E-state index contributed by atoms with van der Waals surface area (Å²) in [6.07, 6.45) is 1.78. The number of halogens is 1. The second-order valence-electron chi connectivity index (χ2n) is 4.24. The Bertz CT molecular complexity index is 559. The Balaban J connectivity index is 2.02. The molecule has 2 rings (SSSR count). The first-order valence-electron chi connectivity index (χ1n) is 5.77. The molecule has 0 saturated heterocycles. The minimum Gasteiger partial charge on any atom is -0.278 e. The van der Waals surface area contributed by atoms with Gasteiger partial charge in [-0.25, -0.2) is 0 Å². The van der Waals surface area contributed by atoms with E-state index in [2.05, 4.69) is 29.6 Å². The highest BCUT2D eigenvalue weighted by molar-refractivity contribution is 6.31. The van der Waals surface area contributed by atoms with Gasteiger partial charge in [-0.15, -0.1) is 0 Å². The second-order valence-corrected chi connectivity index (χ2v) is 4.65. The zero-order valence-electron chi connectivity index (χ0n) is 10.4. The number of hydrogen-bond donors (Lipinski definition) is 1. The molecular formula is C15H15ClN2. The van der Waals surface area contributed by atoms with Crippen LogP contribution in [0.25, 0.3) is 0 Å². The van der Waals surface area contributed by atoms with E-state index in [9.17, 15) is 0 Å². The third kappa shape index (κ3) is 3.34. The fourth-order valence-electron chi connectivity index (χ4n) is 1.50. The van der Waals surface area contributed by atoms with Gasteiger partial charge in [0.1, 0.15) is 0 Å². The van der Waals surface area contributed by atoms with Crippen molar-refractivity contribution in [3.63, 3.8) is 0 Å². The smallest absolute Gasteiger partial charge is 0.0576 e. The van der Waals surface area contributed by atoms with Gasteiger partial charge in [0.05, 0.1) is 11.9 Å². The van der Waals surface area contributed by atoms with Crippen molar-refractivity contribution in [1.29, 1.82) is 0 Å². The van der Waals surface area contributed by atoms with Gasteiger partial charge in [-0.2, -0.15) is 5.10 Å². The molecule has 3 heteroatoms. The highest BCUT2D eigenvalue weighted by Crippen LogP contribution is 2.19. The van der Waals surface area contributed by atoms with E-state index >= 15 is 0 Å². The van der Waals surface area contributed by atoms with E-state index in [1.165, 1.54) is 5.56 Å². The largest absolute Gasteiger partial charge is 0.278 e. The average Bonchev–Trinajstić information content (AvgIpc) is 2.36. The minimum absolute atomic E-state index is 0.741. The molecule has 2 aromatic rings. The minimum atomic E-state index is 0.741. The van der Waals surface area contributed by atoms with Gasteiger partial charge in [0, 0.05) is 5.02 Å². The zero-order chi connectivity index (χ0) is 13.0. The third-order valence-electron chi connectivity index (χ3n) is 2.66. The van der Waals surface area contributed by atoms with Crippen molar-refractivity contribution in [3.8, 4) is 0 Å². The summed E-state index contributed by atoms with van der Waals surface area (Å²) in [5, 5.41) is 4.92. The van der Waals surface area contributed by atoms with Crippen molar-refractivity contribution >= 4 is 23.5 Å². The van der Waals surface area contributed by atoms with Crippen LogP contribution in [-0.4, -0.2) is 6.21 Å². The molecule has 0 saturated carbocycles. The number of hydrazone groups is 1. The van der Waals surface area contributed by atoms with Gasteiger partial charge in [-0.05, 0) is 37.1 Å². The Morgan fingerprint density at radius 2 is 1.78 bits per heavy atom. The van der Waals surface area contributed by atoms with Crippen LogP contribution in [0.2, 0.25) is 5.02 Å². The number of nitrogens with zero attached hydrogens (tertiary/aromatic N) is 1. The lowest BCUT2D eigenvalue weighted by atomic mass is 10.2. The maximum atomic E-state index is 6.04. The number of anilines is 1. The summed E-state index contributed by atoms with van der Waals surface area (Å²) in [5.74, 6) is 0. The van der Waals surface area contributed by atoms with Crippen molar-refractivity contribution < 1.29 is 0 Å². The van der Waals surface area contributed by atoms with Crippen LogP contribution in [-0.2, 0) is 0 Å². The van der Waals surface area contributed by atoms with Gasteiger partial charge < -0.3 is 0 Å². The predicted octanol–water partition coefficient (Wildman–Crippen LogP) is 4.40. The van der Waals surface area contributed by atoms with Crippen LogP contribution < -0.4 is 5.43 Å². The summed E-state index contributed by atoms with van der Waals surface area (Å²) in [4.78, 5) is 0. The van der Waals surface area contributed by atoms with Gasteiger partial charge in [-0.3, -0.25) is 5.43 Å². The standard InChI is InChI=1S/C15H15ClN2/c1-11-3-6-13(7-4-11)10-17-18-14-8-5-12(2)15(16)9-14/h3-10,18H,1-2H3/b17-10+. The van der Waals surface area contributed by atoms with Crippen molar-refractivity contribution in [2.75, 3.05) is 5.43 Å². The molecule has 0 aliphatic rings. The van der Waals surface area contributed by atoms with E-state index in [-0.39, 0.29) is 0 Å². The molecule has 0 unspecified atom stereocenters. The zero-order valence-corrected chi connectivity index (χ0v) is 11.2. The predicted molar refractivity (Wildman–Crippen MR) is 78.6 cm³/mol. The van der Waals surface area contributed by atoms with Crippen molar-refractivity contribution in [3.05, 3.63) is 64.2 Å². The lowest BCUT2D eigenvalue weighted by molar-refractivity contribution is 1.33. The first-order chi connectivity index (χ1) is 8.65. The molecule has 0 spiro atoms. The maximum absolute atomic E-state index is 6.04. The van der Waals surface area contributed by atoms with Crippen LogP contribution in [0, 0.1) is 13.8 Å². The van der Waals surface area contributed by atoms with E-state index in [0.717, 1.165) is 21.8 Å². The summed E-state index contributed by atoms with van der Waals surface area (Å²) >= 11 is 6.04. The Labute approximate surface area is 112 Å². The summed E-state index contributed by atoms with van der Waals surface area (Å²) in [7, 11) is 0. The molecule has 0 radical (unpaired) electrons. The molecule has 92 valence electrons. The fourth-order valence-corrected chi connectivity index (χ4v) is 1.68. The molecule has 18 heavy (non-hydrogen) atoms. The molecule has 0 atom stereocenters.